The normalized spacial score (nSPS) is 24.9. The summed E-state index contributed by atoms with van der Waals surface area (Å²) in [5.41, 5.74) is 0.613. The quantitative estimate of drug-likeness (QED) is 0.877. The number of aliphatic carboxylic acids is 1. The first-order chi connectivity index (χ1) is 12.5. The van der Waals surface area contributed by atoms with Gasteiger partial charge in [-0.2, -0.15) is 0 Å². The molecule has 1 aromatic rings. The fourth-order valence-corrected chi connectivity index (χ4v) is 4.53. The minimum atomic E-state index is -0.858. The Morgan fingerprint density at radius 1 is 1.23 bits per heavy atom. The van der Waals surface area contributed by atoms with Crippen molar-refractivity contribution in [1.29, 1.82) is 0 Å². The van der Waals surface area contributed by atoms with E-state index in [4.69, 9.17) is 9.47 Å². The summed E-state index contributed by atoms with van der Waals surface area (Å²) in [6.07, 6.45) is 1.50. The predicted octanol–water partition coefficient (Wildman–Crippen LogP) is 1.36. The molecule has 0 aliphatic carbocycles. The number of carbonyl (C=O) groups excluding carboxylic acids is 1. The van der Waals surface area contributed by atoms with Crippen LogP contribution in [-0.4, -0.2) is 65.7 Å². The number of carboxylic acids is 1. The maximum Gasteiger partial charge on any atom is 0.309 e. The number of carboxylic acid groups (broad SMARTS) is 1. The number of likely N-dealkylation sites (tertiary alicyclic amines) is 2. The molecule has 1 amide bonds. The fourth-order valence-electron chi connectivity index (χ4n) is 4.53. The van der Waals surface area contributed by atoms with Gasteiger partial charge in [0.1, 0.15) is 13.2 Å². The van der Waals surface area contributed by atoms with Crippen molar-refractivity contribution in [2.45, 2.75) is 31.3 Å². The van der Waals surface area contributed by atoms with Crippen molar-refractivity contribution in [3.8, 4) is 11.5 Å². The van der Waals surface area contributed by atoms with Crippen LogP contribution in [0.2, 0.25) is 0 Å². The van der Waals surface area contributed by atoms with Gasteiger partial charge >= 0.3 is 5.97 Å². The van der Waals surface area contributed by atoms with Crippen molar-refractivity contribution in [2.75, 3.05) is 33.4 Å². The van der Waals surface area contributed by atoms with Crippen molar-refractivity contribution in [1.82, 2.24) is 9.80 Å². The van der Waals surface area contributed by atoms with Gasteiger partial charge in [-0.1, -0.05) is 6.07 Å². The summed E-state index contributed by atoms with van der Waals surface area (Å²) < 4.78 is 11.2. The molecule has 0 bridgehead atoms. The molecule has 1 atom stereocenters. The molecule has 7 heteroatoms. The molecule has 0 aromatic heterocycles. The first-order valence-electron chi connectivity index (χ1n) is 9.10. The van der Waals surface area contributed by atoms with E-state index in [1.165, 1.54) is 0 Å². The van der Waals surface area contributed by atoms with Gasteiger partial charge < -0.3 is 19.5 Å². The number of amides is 1. The minimum absolute atomic E-state index is 0.0577. The van der Waals surface area contributed by atoms with E-state index in [2.05, 4.69) is 4.90 Å². The van der Waals surface area contributed by atoms with Crippen LogP contribution in [0.1, 0.15) is 24.8 Å². The van der Waals surface area contributed by atoms with Crippen LogP contribution in [0, 0.1) is 5.92 Å². The zero-order chi connectivity index (χ0) is 18.3. The first-order valence-corrected chi connectivity index (χ1v) is 9.10. The van der Waals surface area contributed by atoms with E-state index in [1.807, 2.05) is 18.2 Å². The van der Waals surface area contributed by atoms with Crippen LogP contribution in [-0.2, 0) is 16.1 Å². The Morgan fingerprint density at radius 2 is 1.92 bits per heavy atom. The molecule has 0 radical (unpaired) electrons. The molecule has 140 valence electrons. The summed E-state index contributed by atoms with van der Waals surface area (Å²) in [5, 5.41) is 9.56. The number of piperidine rings is 1. The number of rotatable bonds is 3. The Hall–Kier alpha value is -2.28. The molecule has 0 unspecified atom stereocenters. The minimum Gasteiger partial charge on any atom is -0.486 e. The summed E-state index contributed by atoms with van der Waals surface area (Å²) in [4.78, 5) is 27.8. The highest BCUT2D eigenvalue weighted by Crippen LogP contribution is 2.43. The largest absolute Gasteiger partial charge is 0.486 e. The van der Waals surface area contributed by atoms with Crippen LogP contribution in [0.5, 0.6) is 11.5 Å². The number of benzene rings is 1. The second kappa shape index (κ2) is 6.46. The van der Waals surface area contributed by atoms with E-state index in [-0.39, 0.29) is 12.3 Å². The van der Waals surface area contributed by atoms with Gasteiger partial charge in [-0.15, -0.1) is 0 Å². The smallest absolute Gasteiger partial charge is 0.309 e. The Bertz CT molecular complexity index is 727. The highest BCUT2D eigenvalue weighted by molar-refractivity contribution is 5.88. The number of fused-ring (bicyclic) bond motifs is 1. The van der Waals surface area contributed by atoms with Crippen molar-refractivity contribution in [3.05, 3.63) is 23.8 Å². The lowest BCUT2D eigenvalue weighted by Crippen LogP contribution is -2.55. The molecule has 4 rings (SSSR count). The summed E-state index contributed by atoms with van der Waals surface area (Å²) in [5.74, 6) is 0.0550. The molecule has 3 aliphatic heterocycles. The molecule has 3 heterocycles. The van der Waals surface area contributed by atoms with E-state index < -0.39 is 17.4 Å². The molecule has 1 aromatic carbocycles. The fraction of sp³-hybridized carbons (Fsp3) is 0.579. The summed E-state index contributed by atoms with van der Waals surface area (Å²) in [6, 6.07) is 6.01. The molecule has 2 saturated heterocycles. The van der Waals surface area contributed by atoms with Crippen LogP contribution in [0.4, 0.5) is 0 Å². The third kappa shape index (κ3) is 2.80. The molecule has 1 spiro atoms. The first kappa shape index (κ1) is 17.1. The highest BCUT2D eigenvalue weighted by atomic mass is 16.6. The maximum atomic E-state index is 12.1. The highest BCUT2D eigenvalue weighted by Gasteiger charge is 2.55. The summed E-state index contributed by atoms with van der Waals surface area (Å²) >= 11 is 0. The number of hydrogen-bond donors (Lipinski definition) is 1. The van der Waals surface area contributed by atoms with Crippen molar-refractivity contribution < 1.29 is 24.2 Å². The molecule has 7 nitrogen and oxygen atoms in total. The van der Waals surface area contributed by atoms with Crippen LogP contribution >= 0.6 is 0 Å². The molecule has 26 heavy (non-hydrogen) atoms. The molecule has 3 aliphatic rings. The van der Waals surface area contributed by atoms with E-state index in [0.717, 1.165) is 36.7 Å². The van der Waals surface area contributed by atoms with Gasteiger partial charge in [0.15, 0.2) is 11.5 Å². The molecular weight excluding hydrogens is 336 g/mol. The van der Waals surface area contributed by atoms with E-state index in [9.17, 15) is 14.7 Å². The second-order valence-electron chi connectivity index (χ2n) is 7.41. The number of nitrogens with zero attached hydrogens (tertiary/aromatic N) is 2. The zero-order valence-electron chi connectivity index (χ0n) is 14.9. The van der Waals surface area contributed by atoms with Crippen molar-refractivity contribution in [2.24, 2.45) is 5.92 Å². The summed E-state index contributed by atoms with van der Waals surface area (Å²) in [6.45, 7) is 3.48. The second-order valence-corrected chi connectivity index (χ2v) is 7.41. The maximum absolute atomic E-state index is 12.1. The van der Waals surface area contributed by atoms with Gasteiger partial charge in [-0.05, 0) is 30.5 Å². The number of hydrogen-bond acceptors (Lipinski definition) is 5. The van der Waals surface area contributed by atoms with Crippen LogP contribution in [0.25, 0.3) is 0 Å². The monoisotopic (exact) mass is 360 g/mol. The Kier molecular flexibility index (Phi) is 4.26. The Balaban J connectivity index is 1.44. The molecular formula is C19H24N2O5. The number of carbonyl (C=O) groups is 2. The predicted molar refractivity (Wildman–Crippen MR) is 93.2 cm³/mol. The summed E-state index contributed by atoms with van der Waals surface area (Å²) in [7, 11) is 1.75. The van der Waals surface area contributed by atoms with Gasteiger partial charge in [-0.3, -0.25) is 14.5 Å². The van der Waals surface area contributed by atoms with Gasteiger partial charge in [0.25, 0.3) is 0 Å². The third-order valence-electron chi connectivity index (χ3n) is 6.10. The van der Waals surface area contributed by atoms with E-state index in [1.54, 1.807) is 11.9 Å². The lowest BCUT2D eigenvalue weighted by Gasteiger charge is -2.45. The molecule has 2 fully saturated rings. The van der Waals surface area contributed by atoms with Crippen LogP contribution in [0.3, 0.4) is 0 Å². The average molecular weight is 360 g/mol. The van der Waals surface area contributed by atoms with Crippen molar-refractivity contribution in [3.63, 3.8) is 0 Å². The van der Waals surface area contributed by atoms with Crippen molar-refractivity contribution >= 4 is 11.9 Å². The zero-order valence-corrected chi connectivity index (χ0v) is 14.9. The SMILES string of the molecule is CN1C(=O)C[C@@H](C(=O)O)C12CCN(Cc1ccc3c(c1)OCCO3)CC2. The van der Waals surface area contributed by atoms with Gasteiger partial charge in [0.05, 0.1) is 11.5 Å². The lowest BCUT2D eigenvalue weighted by atomic mass is 9.77. The molecule has 1 N–H and O–H groups in total. The van der Waals surface area contributed by atoms with Gasteiger partial charge in [0.2, 0.25) is 5.91 Å². The average Bonchev–Trinajstić information content (AvgIpc) is 2.89. The Morgan fingerprint density at radius 3 is 2.62 bits per heavy atom. The lowest BCUT2D eigenvalue weighted by molar-refractivity contribution is -0.146. The Labute approximate surface area is 152 Å². The van der Waals surface area contributed by atoms with Gasteiger partial charge in [-0.25, -0.2) is 0 Å². The van der Waals surface area contributed by atoms with Crippen LogP contribution in [0.15, 0.2) is 18.2 Å². The topological polar surface area (TPSA) is 79.3 Å². The molecule has 0 saturated carbocycles. The van der Waals surface area contributed by atoms with E-state index in [0.29, 0.717) is 26.1 Å². The standard InChI is InChI=1S/C19H24N2O5/c1-20-17(22)11-14(18(23)24)19(20)4-6-21(7-5-19)12-13-2-3-15-16(10-13)26-9-8-25-15/h2-3,10,14H,4-9,11-12H2,1H3,(H,23,24)/t14-/m0/s1. The van der Waals surface area contributed by atoms with E-state index >= 15 is 0 Å². The van der Waals surface area contributed by atoms with Crippen LogP contribution < -0.4 is 9.47 Å². The van der Waals surface area contributed by atoms with Gasteiger partial charge in [0, 0.05) is 33.1 Å². The third-order valence-corrected chi connectivity index (χ3v) is 6.10. The number of ether oxygens (including phenoxy) is 2.